The van der Waals surface area contributed by atoms with Gasteiger partial charge < -0.3 is 9.64 Å². The molecule has 4 heteroatoms. The van der Waals surface area contributed by atoms with Crippen LogP contribution in [0.25, 0.3) is 0 Å². The summed E-state index contributed by atoms with van der Waals surface area (Å²) in [6.07, 6.45) is 6.23. The van der Waals surface area contributed by atoms with Crippen molar-refractivity contribution in [3.63, 3.8) is 0 Å². The fraction of sp³-hybridized carbons (Fsp3) is 0.444. The molecule has 0 heterocycles. The predicted octanol–water partition coefficient (Wildman–Crippen LogP) is 2.40. The quantitative estimate of drug-likeness (QED) is 0.619. The Hall–Kier alpha value is -2.10. The lowest BCUT2D eigenvalue weighted by atomic mass is 9.94. The summed E-state index contributed by atoms with van der Waals surface area (Å²) in [7, 11) is 1.73. The minimum atomic E-state index is -0.224. The first-order chi connectivity index (χ1) is 10.6. The summed E-state index contributed by atoms with van der Waals surface area (Å²) in [5, 5.41) is 0. The van der Waals surface area contributed by atoms with Gasteiger partial charge in [-0.05, 0) is 30.2 Å². The molecule has 2 aliphatic carbocycles. The van der Waals surface area contributed by atoms with Gasteiger partial charge in [-0.2, -0.15) is 0 Å². The monoisotopic (exact) mass is 299 g/mol. The lowest BCUT2D eigenvalue weighted by Gasteiger charge is -2.19. The molecule has 1 aromatic carbocycles. The molecule has 2 aliphatic rings. The van der Waals surface area contributed by atoms with Gasteiger partial charge in [0.1, 0.15) is 0 Å². The number of fused-ring (bicyclic) bond motifs is 2. The van der Waals surface area contributed by atoms with Gasteiger partial charge in [-0.25, -0.2) is 0 Å². The largest absolute Gasteiger partial charge is 0.455 e. The number of nitrogens with zero attached hydrogens (tertiary/aromatic N) is 1. The van der Waals surface area contributed by atoms with Gasteiger partial charge >= 0.3 is 5.97 Å². The molecule has 0 aliphatic heterocycles. The highest BCUT2D eigenvalue weighted by Crippen LogP contribution is 2.43. The van der Waals surface area contributed by atoms with E-state index in [0.29, 0.717) is 18.4 Å². The van der Waals surface area contributed by atoms with Crippen molar-refractivity contribution in [1.29, 1.82) is 0 Å². The van der Waals surface area contributed by atoms with Crippen molar-refractivity contribution in [2.45, 2.75) is 19.4 Å². The minimum absolute atomic E-state index is 0.0535. The van der Waals surface area contributed by atoms with Crippen molar-refractivity contribution in [1.82, 2.24) is 4.90 Å². The van der Waals surface area contributed by atoms with Gasteiger partial charge in [-0.15, -0.1) is 0 Å². The molecule has 0 aromatic heterocycles. The summed E-state index contributed by atoms with van der Waals surface area (Å²) in [5.74, 6) is 0.394. The van der Waals surface area contributed by atoms with Gasteiger partial charge in [0.05, 0.1) is 5.92 Å². The van der Waals surface area contributed by atoms with Crippen LogP contribution in [-0.2, 0) is 20.9 Å². The van der Waals surface area contributed by atoms with Crippen LogP contribution >= 0.6 is 0 Å². The lowest BCUT2D eigenvalue weighted by molar-refractivity contribution is -0.156. The number of carbonyl (C=O) groups excluding carboxylic acids is 2. The Balaban J connectivity index is 1.45. The highest BCUT2D eigenvalue weighted by molar-refractivity contribution is 5.81. The van der Waals surface area contributed by atoms with Gasteiger partial charge in [0, 0.05) is 13.6 Å². The molecule has 3 rings (SSSR count). The number of allylic oxidation sites excluding steroid dienone is 2. The number of carbonyl (C=O) groups is 2. The van der Waals surface area contributed by atoms with E-state index >= 15 is 0 Å². The number of ether oxygens (including phenoxy) is 1. The SMILES string of the molecule is CN(Cc1ccccc1)C(=O)COC(=O)[C@H]1C[C@H]2C=C[C@H]1C2. The summed E-state index contributed by atoms with van der Waals surface area (Å²) < 4.78 is 5.24. The maximum absolute atomic E-state index is 12.1. The van der Waals surface area contributed by atoms with Crippen LogP contribution in [0.3, 0.4) is 0 Å². The molecule has 1 amide bonds. The van der Waals surface area contributed by atoms with Crippen LogP contribution in [0.1, 0.15) is 18.4 Å². The molecule has 2 bridgehead atoms. The molecule has 0 saturated heterocycles. The Morgan fingerprint density at radius 2 is 1.95 bits per heavy atom. The van der Waals surface area contributed by atoms with E-state index < -0.39 is 0 Å². The maximum atomic E-state index is 12.1. The molecule has 0 radical (unpaired) electrons. The summed E-state index contributed by atoms with van der Waals surface area (Å²) in [5.41, 5.74) is 1.06. The zero-order chi connectivity index (χ0) is 15.5. The molecular formula is C18H21NO3. The fourth-order valence-electron chi connectivity index (χ4n) is 3.35. The second-order valence-electron chi connectivity index (χ2n) is 6.23. The van der Waals surface area contributed by atoms with Crippen molar-refractivity contribution in [2.24, 2.45) is 17.8 Å². The smallest absolute Gasteiger partial charge is 0.310 e. The minimum Gasteiger partial charge on any atom is -0.455 e. The molecular weight excluding hydrogens is 278 g/mol. The van der Waals surface area contributed by atoms with Crippen LogP contribution in [0.4, 0.5) is 0 Å². The average molecular weight is 299 g/mol. The Bertz CT molecular complexity index is 581. The topological polar surface area (TPSA) is 46.6 Å². The first-order valence-corrected chi connectivity index (χ1v) is 7.76. The Kier molecular flexibility index (Phi) is 4.27. The van der Waals surface area contributed by atoms with Crippen LogP contribution in [-0.4, -0.2) is 30.4 Å². The lowest BCUT2D eigenvalue weighted by Crippen LogP contribution is -2.32. The van der Waals surface area contributed by atoms with Gasteiger partial charge in [0.25, 0.3) is 5.91 Å². The van der Waals surface area contributed by atoms with Crippen molar-refractivity contribution in [3.05, 3.63) is 48.0 Å². The number of likely N-dealkylation sites (N-methyl/N-ethyl adjacent to an activating group) is 1. The Labute approximate surface area is 130 Å². The molecule has 116 valence electrons. The summed E-state index contributed by atoms with van der Waals surface area (Å²) in [6, 6.07) is 9.76. The van der Waals surface area contributed by atoms with Gasteiger partial charge in [-0.1, -0.05) is 42.5 Å². The van der Waals surface area contributed by atoms with Crippen LogP contribution < -0.4 is 0 Å². The second kappa shape index (κ2) is 6.34. The van der Waals surface area contributed by atoms with E-state index in [4.69, 9.17) is 4.74 Å². The van der Waals surface area contributed by atoms with Gasteiger partial charge in [-0.3, -0.25) is 9.59 Å². The van der Waals surface area contributed by atoms with Gasteiger partial charge in [0.2, 0.25) is 0 Å². The van der Waals surface area contributed by atoms with E-state index in [1.165, 1.54) is 0 Å². The third kappa shape index (κ3) is 3.21. The van der Waals surface area contributed by atoms with Crippen LogP contribution in [0, 0.1) is 17.8 Å². The van der Waals surface area contributed by atoms with E-state index in [2.05, 4.69) is 12.2 Å². The average Bonchev–Trinajstić information content (AvgIpc) is 3.16. The number of esters is 1. The molecule has 0 unspecified atom stereocenters. The third-order valence-corrected chi connectivity index (χ3v) is 4.61. The van der Waals surface area contributed by atoms with Crippen LogP contribution in [0.15, 0.2) is 42.5 Å². The van der Waals surface area contributed by atoms with E-state index in [1.807, 2.05) is 30.3 Å². The number of amides is 1. The molecule has 22 heavy (non-hydrogen) atoms. The predicted molar refractivity (Wildman–Crippen MR) is 82.7 cm³/mol. The molecule has 0 spiro atoms. The molecule has 1 aromatic rings. The molecule has 3 atom stereocenters. The van der Waals surface area contributed by atoms with E-state index in [9.17, 15) is 9.59 Å². The highest BCUT2D eigenvalue weighted by atomic mass is 16.5. The highest BCUT2D eigenvalue weighted by Gasteiger charge is 2.40. The van der Waals surface area contributed by atoms with Crippen LogP contribution in [0.5, 0.6) is 0 Å². The Morgan fingerprint density at radius 3 is 2.59 bits per heavy atom. The number of benzene rings is 1. The first-order valence-electron chi connectivity index (χ1n) is 7.76. The first kappa shape index (κ1) is 14.8. The summed E-state index contributed by atoms with van der Waals surface area (Å²) in [4.78, 5) is 25.7. The zero-order valence-corrected chi connectivity index (χ0v) is 12.8. The van der Waals surface area contributed by atoms with E-state index in [-0.39, 0.29) is 24.4 Å². The standard InChI is InChI=1S/C18H21NO3/c1-19(11-13-5-3-2-4-6-13)17(20)12-22-18(21)16-10-14-7-8-15(16)9-14/h2-8,14-16H,9-12H2,1H3/t14-,15-,16-/m0/s1. The Morgan fingerprint density at radius 1 is 1.18 bits per heavy atom. The molecule has 1 saturated carbocycles. The third-order valence-electron chi connectivity index (χ3n) is 4.61. The summed E-state index contributed by atoms with van der Waals surface area (Å²) in [6.45, 7) is 0.355. The second-order valence-corrected chi connectivity index (χ2v) is 6.23. The van der Waals surface area contributed by atoms with Crippen LogP contribution in [0.2, 0.25) is 0 Å². The van der Waals surface area contributed by atoms with Crippen molar-refractivity contribution >= 4 is 11.9 Å². The van der Waals surface area contributed by atoms with Crippen molar-refractivity contribution in [2.75, 3.05) is 13.7 Å². The number of rotatable bonds is 5. The maximum Gasteiger partial charge on any atom is 0.310 e. The normalized spacial score (nSPS) is 25.2. The van der Waals surface area contributed by atoms with E-state index in [1.54, 1.807) is 11.9 Å². The molecule has 1 fully saturated rings. The number of hydrogen-bond donors (Lipinski definition) is 0. The molecule has 0 N–H and O–H groups in total. The molecule has 4 nitrogen and oxygen atoms in total. The van der Waals surface area contributed by atoms with Crippen molar-refractivity contribution in [3.8, 4) is 0 Å². The number of hydrogen-bond acceptors (Lipinski definition) is 3. The zero-order valence-electron chi connectivity index (χ0n) is 12.8. The van der Waals surface area contributed by atoms with E-state index in [0.717, 1.165) is 18.4 Å². The van der Waals surface area contributed by atoms with Crippen molar-refractivity contribution < 1.29 is 14.3 Å². The summed E-state index contributed by atoms with van der Waals surface area (Å²) >= 11 is 0. The fourth-order valence-corrected chi connectivity index (χ4v) is 3.35. The van der Waals surface area contributed by atoms with Gasteiger partial charge in [0.15, 0.2) is 6.61 Å².